The highest BCUT2D eigenvalue weighted by Gasteiger charge is 2.55. The molecule has 4 atom stereocenters. The molecule has 1 aromatic heterocycles. The number of ether oxygens (including phenoxy) is 2. The van der Waals surface area contributed by atoms with Gasteiger partial charge in [0.25, 0.3) is 0 Å². The lowest BCUT2D eigenvalue weighted by Gasteiger charge is -2.23. The largest absolute Gasteiger partial charge is 0.481 e. The Morgan fingerprint density at radius 2 is 1.60 bits per heavy atom. The lowest BCUT2D eigenvalue weighted by molar-refractivity contribution is -0.147. The first-order chi connectivity index (χ1) is 17.0. The first-order valence-electron chi connectivity index (χ1n) is 11.6. The molecule has 8 heteroatoms. The number of carboxylic acid groups (broad SMARTS) is 1. The number of aliphatic carboxylic acids is 1. The minimum Gasteiger partial charge on any atom is -0.481 e. The quantitative estimate of drug-likeness (QED) is 0.447. The SMILES string of the molecule is CCOC(=O)c1c(-c2ccc(-c3ccccc3)cc2)csc1NC(=O)[C@H]1[C@@H](C(=O)O)[C@H]2CC[C@H]1O2. The topological polar surface area (TPSA) is 102 Å². The number of carbonyl (C=O) groups excluding carboxylic acids is 2. The normalized spacial score (nSPS) is 22.7. The molecule has 2 aliphatic rings. The maximum atomic E-state index is 13.2. The fourth-order valence-electron chi connectivity index (χ4n) is 5.06. The van der Waals surface area contributed by atoms with E-state index >= 15 is 0 Å². The number of carbonyl (C=O) groups is 3. The smallest absolute Gasteiger partial charge is 0.341 e. The van der Waals surface area contributed by atoms with Crippen molar-refractivity contribution in [1.82, 2.24) is 0 Å². The van der Waals surface area contributed by atoms with Crippen LogP contribution in [0.2, 0.25) is 0 Å². The van der Waals surface area contributed by atoms with Crippen LogP contribution in [0.3, 0.4) is 0 Å². The molecule has 7 nitrogen and oxygen atoms in total. The number of hydrogen-bond acceptors (Lipinski definition) is 6. The fraction of sp³-hybridized carbons (Fsp3) is 0.296. The Bertz CT molecular complexity index is 1250. The number of carboxylic acids is 1. The average Bonchev–Trinajstić information content (AvgIpc) is 3.59. The van der Waals surface area contributed by atoms with E-state index in [9.17, 15) is 19.5 Å². The summed E-state index contributed by atoms with van der Waals surface area (Å²) >= 11 is 1.22. The molecule has 2 aliphatic heterocycles. The monoisotopic (exact) mass is 491 g/mol. The number of hydrogen-bond donors (Lipinski definition) is 2. The number of thiophene rings is 1. The van der Waals surface area contributed by atoms with Crippen LogP contribution in [0.4, 0.5) is 5.00 Å². The number of nitrogens with one attached hydrogen (secondary N) is 1. The van der Waals surface area contributed by atoms with Crippen molar-refractivity contribution in [3.8, 4) is 22.3 Å². The second-order valence-corrected chi connectivity index (χ2v) is 9.57. The fourth-order valence-corrected chi connectivity index (χ4v) is 6.02. The van der Waals surface area contributed by atoms with Crippen LogP contribution in [-0.2, 0) is 19.1 Å². The van der Waals surface area contributed by atoms with Crippen LogP contribution >= 0.6 is 11.3 Å². The lowest BCUT2D eigenvalue weighted by Crippen LogP contribution is -2.41. The molecule has 1 amide bonds. The van der Waals surface area contributed by atoms with Gasteiger partial charge in [-0.25, -0.2) is 4.79 Å². The Labute approximate surface area is 206 Å². The van der Waals surface area contributed by atoms with Crippen LogP contribution in [-0.4, -0.2) is 41.8 Å². The highest BCUT2D eigenvalue weighted by Crippen LogP contribution is 2.45. The van der Waals surface area contributed by atoms with Crippen molar-refractivity contribution in [2.75, 3.05) is 11.9 Å². The van der Waals surface area contributed by atoms with Crippen molar-refractivity contribution < 1.29 is 29.0 Å². The second kappa shape index (κ2) is 9.64. The van der Waals surface area contributed by atoms with E-state index < -0.39 is 41.9 Å². The van der Waals surface area contributed by atoms with E-state index in [1.807, 2.05) is 60.0 Å². The summed E-state index contributed by atoms with van der Waals surface area (Å²) in [5, 5.41) is 14.6. The highest BCUT2D eigenvalue weighted by molar-refractivity contribution is 7.15. The summed E-state index contributed by atoms with van der Waals surface area (Å²) < 4.78 is 11.0. The molecule has 2 fully saturated rings. The summed E-state index contributed by atoms with van der Waals surface area (Å²) in [4.78, 5) is 37.9. The number of amides is 1. The van der Waals surface area contributed by atoms with Crippen LogP contribution in [0, 0.1) is 11.8 Å². The zero-order valence-corrected chi connectivity index (χ0v) is 19.9. The summed E-state index contributed by atoms with van der Waals surface area (Å²) in [5.74, 6) is -3.69. The van der Waals surface area contributed by atoms with E-state index in [0.717, 1.165) is 16.7 Å². The van der Waals surface area contributed by atoms with Crippen molar-refractivity contribution in [2.24, 2.45) is 11.8 Å². The first kappa shape index (κ1) is 23.3. The van der Waals surface area contributed by atoms with E-state index in [1.54, 1.807) is 6.92 Å². The van der Waals surface area contributed by atoms with Gasteiger partial charge in [0.15, 0.2) is 0 Å². The standard InChI is InChI=1S/C27H25NO6S/c1-2-33-27(32)21-18(17-10-8-16(9-11-17)15-6-4-3-5-7-15)14-35-25(21)28-24(29)22-19-12-13-20(34-19)23(22)26(30)31/h3-11,14,19-20,22-23H,2,12-13H2,1H3,(H,28,29)(H,30,31)/t19-,20-,22-,23+/m1/s1. The predicted octanol–water partition coefficient (Wildman–Crippen LogP) is 5.08. The van der Waals surface area contributed by atoms with Crippen molar-refractivity contribution in [1.29, 1.82) is 0 Å². The van der Waals surface area contributed by atoms with Gasteiger partial charge < -0.3 is 19.9 Å². The highest BCUT2D eigenvalue weighted by atomic mass is 32.1. The minimum absolute atomic E-state index is 0.190. The molecule has 2 bridgehead atoms. The first-order valence-corrected chi connectivity index (χ1v) is 12.5. The van der Waals surface area contributed by atoms with Gasteiger partial charge in [0.2, 0.25) is 5.91 Å². The molecule has 3 aromatic rings. The van der Waals surface area contributed by atoms with Gasteiger partial charge >= 0.3 is 11.9 Å². The van der Waals surface area contributed by atoms with Gasteiger partial charge in [0, 0.05) is 10.9 Å². The molecule has 2 N–H and O–H groups in total. The molecule has 0 aliphatic carbocycles. The van der Waals surface area contributed by atoms with Gasteiger partial charge in [0.1, 0.15) is 10.6 Å². The summed E-state index contributed by atoms with van der Waals surface area (Å²) in [6.07, 6.45) is 0.430. The number of benzene rings is 2. The van der Waals surface area contributed by atoms with Gasteiger partial charge in [-0.05, 0) is 36.5 Å². The Morgan fingerprint density at radius 1 is 0.971 bits per heavy atom. The Hall–Kier alpha value is -3.49. The van der Waals surface area contributed by atoms with Gasteiger partial charge in [0.05, 0.1) is 30.7 Å². The van der Waals surface area contributed by atoms with Crippen molar-refractivity contribution in [3.05, 3.63) is 65.5 Å². The Morgan fingerprint density at radius 3 is 2.26 bits per heavy atom. The molecule has 35 heavy (non-hydrogen) atoms. The van der Waals surface area contributed by atoms with Crippen LogP contribution in [0.1, 0.15) is 30.1 Å². The Kier molecular flexibility index (Phi) is 6.40. The van der Waals surface area contributed by atoms with Crippen LogP contribution < -0.4 is 5.32 Å². The molecule has 0 saturated carbocycles. The van der Waals surface area contributed by atoms with E-state index in [2.05, 4.69) is 5.32 Å². The Balaban J connectivity index is 1.44. The van der Waals surface area contributed by atoms with Crippen LogP contribution in [0.15, 0.2) is 60.0 Å². The van der Waals surface area contributed by atoms with Gasteiger partial charge in [-0.1, -0.05) is 54.6 Å². The summed E-state index contributed by atoms with van der Waals surface area (Å²) in [7, 11) is 0. The summed E-state index contributed by atoms with van der Waals surface area (Å²) in [5.41, 5.74) is 3.88. The van der Waals surface area contributed by atoms with E-state index in [1.165, 1.54) is 11.3 Å². The third kappa shape index (κ3) is 4.35. The molecule has 0 unspecified atom stereocenters. The molecule has 5 rings (SSSR count). The number of esters is 1. The lowest BCUT2D eigenvalue weighted by atomic mass is 9.79. The molecular weight excluding hydrogens is 466 g/mol. The van der Waals surface area contributed by atoms with Crippen molar-refractivity contribution in [3.63, 3.8) is 0 Å². The van der Waals surface area contributed by atoms with Crippen LogP contribution in [0.5, 0.6) is 0 Å². The zero-order chi connectivity index (χ0) is 24.5. The third-order valence-corrected chi connectivity index (χ3v) is 7.57. The maximum absolute atomic E-state index is 13.2. The molecule has 180 valence electrons. The van der Waals surface area contributed by atoms with Crippen LogP contribution in [0.25, 0.3) is 22.3 Å². The molecule has 0 radical (unpaired) electrons. The third-order valence-electron chi connectivity index (χ3n) is 6.67. The van der Waals surface area contributed by atoms with Gasteiger partial charge in [-0.2, -0.15) is 0 Å². The van der Waals surface area contributed by atoms with Gasteiger partial charge in [-0.3, -0.25) is 9.59 Å². The second-order valence-electron chi connectivity index (χ2n) is 8.69. The summed E-state index contributed by atoms with van der Waals surface area (Å²) in [6.45, 7) is 1.91. The zero-order valence-electron chi connectivity index (χ0n) is 19.1. The molecule has 3 heterocycles. The van der Waals surface area contributed by atoms with E-state index in [-0.39, 0.29) is 12.2 Å². The van der Waals surface area contributed by atoms with Crippen molar-refractivity contribution >= 4 is 34.2 Å². The number of fused-ring (bicyclic) bond motifs is 2. The number of rotatable bonds is 7. The maximum Gasteiger partial charge on any atom is 0.341 e. The average molecular weight is 492 g/mol. The number of anilines is 1. The minimum atomic E-state index is -1.03. The molecule has 2 aromatic carbocycles. The summed E-state index contributed by atoms with van der Waals surface area (Å²) in [6, 6.07) is 17.8. The predicted molar refractivity (Wildman–Crippen MR) is 132 cm³/mol. The van der Waals surface area contributed by atoms with Gasteiger partial charge in [-0.15, -0.1) is 11.3 Å². The molecule has 2 saturated heterocycles. The molecule has 0 spiro atoms. The molecular formula is C27H25NO6S. The van der Waals surface area contributed by atoms with E-state index in [0.29, 0.717) is 23.4 Å². The van der Waals surface area contributed by atoms with E-state index in [4.69, 9.17) is 9.47 Å². The van der Waals surface area contributed by atoms with Crippen molar-refractivity contribution in [2.45, 2.75) is 32.0 Å².